The SMILES string of the molecule is CNc1nc(-c2ccc(C)c(Cl)c2)cc(C(F)(F)F)n1. The topological polar surface area (TPSA) is 37.8 Å². The van der Waals surface area contributed by atoms with Crippen molar-refractivity contribution in [3.8, 4) is 11.3 Å². The quantitative estimate of drug-likeness (QED) is 0.905. The van der Waals surface area contributed by atoms with Crippen LogP contribution < -0.4 is 5.32 Å². The zero-order valence-electron chi connectivity index (χ0n) is 10.7. The molecule has 106 valence electrons. The van der Waals surface area contributed by atoms with Crippen molar-refractivity contribution >= 4 is 17.5 Å². The highest BCUT2D eigenvalue weighted by Crippen LogP contribution is 2.32. The molecule has 20 heavy (non-hydrogen) atoms. The second-order valence-electron chi connectivity index (χ2n) is 4.17. The van der Waals surface area contributed by atoms with Crippen LogP contribution in [0.4, 0.5) is 19.1 Å². The van der Waals surface area contributed by atoms with Gasteiger partial charge in [0, 0.05) is 17.6 Å². The van der Waals surface area contributed by atoms with E-state index < -0.39 is 11.9 Å². The van der Waals surface area contributed by atoms with E-state index >= 15 is 0 Å². The Bertz CT molecular complexity index is 641. The second kappa shape index (κ2) is 5.28. The minimum atomic E-state index is -4.53. The average Bonchev–Trinajstić information content (AvgIpc) is 2.40. The minimum absolute atomic E-state index is 0.0912. The number of rotatable bonds is 2. The van der Waals surface area contributed by atoms with Crippen molar-refractivity contribution in [3.63, 3.8) is 0 Å². The molecular weight excluding hydrogens is 291 g/mol. The van der Waals surface area contributed by atoms with E-state index in [-0.39, 0.29) is 11.6 Å². The Morgan fingerprint density at radius 1 is 1.15 bits per heavy atom. The van der Waals surface area contributed by atoms with E-state index in [4.69, 9.17) is 11.6 Å². The van der Waals surface area contributed by atoms with Gasteiger partial charge in [0.2, 0.25) is 5.95 Å². The maximum atomic E-state index is 12.8. The Labute approximate surface area is 118 Å². The molecule has 0 unspecified atom stereocenters. The van der Waals surface area contributed by atoms with Gasteiger partial charge in [-0.3, -0.25) is 0 Å². The molecule has 2 rings (SSSR count). The number of hydrogen-bond acceptors (Lipinski definition) is 3. The highest BCUT2D eigenvalue weighted by molar-refractivity contribution is 6.31. The molecule has 0 aliphatic carbocycles. The van der Waals surface area contributed by atoms with Crippen molar-refractivity contribution in [1.29, 1.82) is 0 Å². The van der Waals surface area contributed by atoms with Gasteiger partial charge in [-0.05, 0) is 24.6 Å². The number of aryl methyl sites for hydroxylation is 1. The molecule has 0 amide bonds. The number of nitrogens with one attached hydrogen (secondary N) is 1. The van der Waals surface area contributed by atoms with Gasteiger partial charge >= 0.3 is 6.18 Å². The first kappa shape index (κ1) is 14.6. The number of halogens is 4. The minimum Gasteiger partial charge on any atom is -0.357 e. The van der Waals surface area contributed by atoms with Crippen LogP contribution in [0.25, 0.3) is 11.3 Å². The van der Waals surface area contributed by atoms with Crippen LogP contribution in [0.2, 0.25) is 5.02 Å². The molecule has 3 nitrogen and oxygen atoms in total. The van der Waals surface area contributed by atoms with Gasteiger partial charge in [-0.25, -0.2) is 9.97 Å². The molecule has 1 aromatic carbocycles. The highest BCUT2D eigenvalue weighted by atomic mass is 35.5. The van der Waals surface area contributed by atoms with Gasteiger partial charge in [-0.15, -0.1) is 0 Å². The Morgan fingerprint density at radius 2 is 1.85 bits per heavy atom. The summed E-state index contributed by atoms with van der Waals surface area (Å²) in [5.74, 6) is -0.0912. The number of nitrogens with zero attached hydrogens (tertiary/aromatic N) is 2. The van der Waals surface area contributed by atoms with E-state index in [1.165, 1.54) is 7.05 Å². The third kappa shape index (κ3) is 3.01. The molecule has 2 aromatic rings. The summed E-state index contributed by atoms with van der Waals surface area (Å²) in [4.78, 5) is 7.43. The monoisotopic (exact) mass is 301 g/mol. The summed E-state index contributed by atoms with van der Waals surface area (Å²) in [6.07, 6.45) is -4.53. The molecule has 0 atom stereocenters. The molecule has 0 radical (unpaired) electrons. The van der Waals surface area contributed by atoms with Gasteiger partial charge in [0.1, 0.15) is 0 Å². The summed E-state index contributed by atoms with van der Waals surface area (Å²) in [5, 5.41) is 2.99. The molecule has 0 aliphatic rings. The lowest BCUT2D eigenvalue weighted by Crippen LogP contribution is -2.11. The number of hydrogen-bond donors (Lipinski definition) is 1. The van der Waals surface area contributed by atoms with Crippen LogP contribution >= 0.6 is 11.6 Å². The lowest BCUT2D eigenvalue weighted by molar-refractivity contribution is -0.141. The third-order valence-corrected chi connectivity index (χ3v) is 3.11. The van der Waals surface area contributed by atoms with Crippen molar-refractivity contribution in [2.45, 2.75) is 13.1 Å². The molecule has 1 aromatic heterocycles. The average molecular weight is 302 g/mol. The fraction of sp³-hybridized carbons (Fsp3) is 0.231. The van der Waals surface area contributed by atoms with Crippen molar-refractivity contribution in [1.82, 2.24) is 9.97 Å². The van der Waals surface area contributed by atoms with Gasteiger partial charge < -0.3 is 5.32 Å². The van der Waals surface area contributed by atoms with Gasteiger partial charge in [0.05, 0.1) is 5.69 Å². The Morgan fingerprint density at radius 3 is 2.40 bits per heavy atom. The lowest BCUT2D eigenvalue weighted by atomic mass is 10.1. The first-order chi connectivity index (χ1) is 9.31. The Kier molecular flexibility index (Phi) is 3.85. The summed E-state index contributed by atoms with van der Waals surface area (Å²) in [6, 6.07) is 5.88. The molecule has 0 bridgehead atoms. The Hall–Kier alpha value is -1.82. The van der Waals surface area contributed by atoms with Crippen LogP contribution in [0, 0.1) is 6.92 Å². The molecule has 0 spiro atoms. The fourth-order valence-corrected chi connectivity index (χ4v) is 1.78. The first-order valence-electron chi connectivity index (χ1n) is 5.72. The van der Waals surface area contributed by atoms with Crippen molar-refractivity contribution in [2.75, 3.05) is 12.4 Å². The van der Waals surface area contributed by atoms with Gasteiger partial charge in [0.25, 0.3) is 0 Å². The van der Waals surface area contributed by atoms with Gasteiger partial charge in [-0.1, -0.05) is 23.7 Å². The predicted molar refractivity (Wildman–Crippen MR) is 71.8 cm³/mol. The number of aromatic nitrogens is 2. The van der Waals surface area contributed by atoms with Gasteiger partial charge in [0.15, 0.2) is 5.69 Å². The van der Waals surface area contributed by atoms with E-state index in [1.807, 2.05) is 6.92 Å². The van der Waals surface area contributed by atoms with E-state index in [2.05, 4.69) is 15.3 Å². The molecule has 0 fully saturated rings. The van der Waals surface area contributed by atoms with Crippen LogP contribution in [-0.4, -0.2) is 17.0 Å². The van der Waals surface area contributed by atoms with Crippen molar-refractivity contribution in [2.24, 2.45) is 0 Å². The molecule has 0 saturated heterocycles. The molecule has 1 heterocycles. The van der Waals surface area contributed by atoms with Gasteiger partial charge in [-0.2, -0.15) is 13.2 Å². The van der Waals surface area contributed by atoms with Crippen molar-refractivity contribution < 1.29 is 13.2 Å². The molecule has 1 N–H and O–H groups in total. The van der Waals surface area contributed by atoms with E-state index in [0.717, 1.165) is 11.6 Å². The molecular formula is C13H11ClF3N3. The van der Waals surface area contributed by atoms with Crippen molar-refractivity contribution in [3.05, 3.63) is 40.5 Å². The smallest absolute Gasteiger partial charge is 0.357 e. The largest absolute Gasteiger partial charge is 0.433 e. The number of alkyl halides is 3. The second-order valence-corrected chi connectivity index (χ2v) is 4.58. The number of benzene rings is 1. The van der Waals surface area contributed by atoms with Crippen LogP contribution in [0.5, 0.6) is 0 Å². The normalized spacial score (nSPS) is 11.5. The third-order valence-electron chi connectivity index (χ3n) is 2.71. The van der Waals surface area contributed by atoms with Crippen LogP contribution in [0.15, 0.2) is 24.3 Å². The molecule has 0 saturated carbocycles. The van der Waals surface area contributed by atoms with Crippen LogP contribution in [-0.2, 0) is 6.18 Å². The first-order valence-corrected chi connectivity index (χ1v) is 6.09. The zero-order valence-corrected chi connectivity index (χ0v) is 11.5. The lowest BCUT2D eigenvalue weighted by Gasteiger charge is -2.10. The maximum Gasteiger partial charge on any atom is 0.433 e. The molecule has 7 heteroatoms. The summed E-state index contributed by atoms with van der Waals surface area (Å²) in [5.41, 5.74) is 0.515. The zero-order chi connectivity index (χ0) is 14.9. The standard InChI is InChI=1S/C13H11ClF3N3/c1-7-3-4-8(5-9(7)14)10-6-11(13(15,16)17)20-12(18-2)19-10/h3-6H,1-2H3,(H,18,19,20). The highest BCUT2D eigenvalue weighted by Gasteiger charge is 2.33. The van der Waals surface area contributed by atoms with E-state index in [0.29, 0.717) is 10.6 Å². The summed E-state index contributed by atoms with van der Waals surface area (Å²) in [6.45, 7) is 1.81. The van der Waals surface area contributed by atoms with E-state index in [1.54, 1.807) is 18.2 Å². The van der Waals surface area contributed by atoms with Crippen LogP contribution in [0.1, 0.15) is 11.3 Å². The Balaban J connectivity index is 2.58. The van der Waals surface area contributed by atoms with Crippen LogP contribution in [0.3, 0.4) is 0 Å². The predicted octanol–water partition coefficient (Wildman–Crippen LogP) is 4.17. The number of anilines is 1. The molecule has 0 aliphatic heterocycles. The maximum absolute atomic E-state index is 12.8. The summed E-state index contributed by atoms with van der Waals surface area (Å²) in [7, 11) is 1.46. The summed E-state index contributed by atoms with van der Waals surface area (Å²) >= 11 is 5.99. The summed E-state index contributed by atoms with van der Waals surface area (Å²) < 4.78 is 38.4. The fourth-order valence-electron chi connectivity index (χ4n) is 1.60. The van der Waals surface area contributed by atoms with E-state index in [9.17, 15) is 13.2 Å².